The van der Waals surface area contributed by atoms with E-state index in [1.54, 1.807) is 12.5 Å². The summed E-state index contributed by atoms with van der Waals surface area (Å²) in [6, 6.07) is 11.7. The number of aromatic nitrogens is 3. The molecule has 0 amide bonds. The normalized spacial score (nSPS) is 10.7. The SMILES string of the molecule is CC(C)Nc1nc(NCc2ccco2)cc(-c2ccccn2)n1. The fourth-order valence-corrected chi connectivity index (χ4v) is 2.10. The van der Waals surface area contributed by atoms with E-state index >= 15 is 0 Å². The van der Waals surface area contributed by atoms with Crippen LogP contribution in [0.2, 0.25) is 0 Å². The summed E-state index contributed by atoms with van der Waals surface area (Å²) in [6.45, 7) is 4.66. The van der Waals surface area contributed by atoms with Gasteiger partial charge in [-0.1, -0.05) is 6.07 Å². The molecule has 0 unspecified atom stereocenters. The number of nitrogens with one attached hydrogen (secondary N) is 2. The quantitative estimate of drug-likeness (QED) is 0.725. The Kier molecular flexibility index (Phi) is 4.52. The van der Waals surface area contributed by atoms with E-state index in [4.69, 9.17) is 4.42 Å². The molecule has 0 fully saturated rings. The molecule has 0 aliphatic rings. The Balaban J connectivity index is 1.88. The number of rotatable bonds is 6. The van der Waals surface area contributed by atoms with Gasteiger partial charge in [0.2, 0.25) is 5.95 Å². The first kappa shape index (κ1) is 15.0. The predicted octanol–water partition coefficient (Wildman–Crippen LogP) is 3.56. The third kappa shape index (κ3) is 4.06. The smallest absolute Gasteiger partial charge is 0.225 e. The lowest BCUT2D eigenvalue weighted by atomic mass is 10.2. The van der Waals surface area contributed by atoms with Crippen LogP contribution < -0.4 is 10.6 Å². The van der Waals surface area contributed by atoms with Crippen molar-refractivity contribution >= 4 is 11.8 Å². The summed E-state index contributed by atoms with van der Waals surface area (Å²) in [5, 5.41) is 6.49. The van der Waals surface area contributed by atoms with Crippen molar-refractivity contribution in [1.29, 1.82) is 0 Å². The second-order valence-corrected chi connectivity index (χ2v) is 5.41. The Morgan fingerprint density at radius 1 is 1.09 bits per heavy atom. The van der Waals surface area contributed by atoms with Gasteiger partial charge in [0.05, 0.1) is 24.2 Å². The topological polar surface area (TPSA) is 75.9 Å². The van der Waals surface area contributed by atoms with Crippen molar-refractivity contribution in [2.45, 2.75) is 26.4 Å². The van der Waals surface area contributed by atoms with E-state index in [2.05, 4.69) is 25.6 Å². The van der Waals surface area contributed by atoms with Crippen molar-refractivity contribution in [2.24, 2.45) is 0 Å². The molecule has 3 aromatic heterocycles. The molecule has 0 radical (unpaired) electrons. The molecule has 3 rings (SSSR count). The van der Waals surface area contributed by atoms with Gasteiger partial charge in [0.1, 0.15) is 11.6 Å². The van der Waals surface area contributed by atoms with E-state index in [9.17, 15) is 0 Å². The lowest BCUT2D eigenvalue weighted by Crippen LogP contribution is -2.14. The molecule has 0 bridgehead atoms. The van der Waals surface area contributed by atoms with E-state index in [-0.39, 0.29) is 6.04 Å². The van der Waals surface area contributed by atoms with Gasteiger partial charge in [0.25, 0.3) is 0 Å². The van der Waals surface area contributed by atoms with Crippen LogP contribution in [-0.2, 0) is 6.54 Å². The molecular weight excluding hydrogens is 290 g/mol. The highest BCUT2D eigenvalue weighted by molar-refractivity contribution is 5.60. The Bertz CT molecular complexity index is 741. The van der Waals surface area contributed by atoms with E-state index in [1.807, 2.05) is 50.2 Å². The minimum Gasteiger partial charge on any atom is -0.467 e. The summed E-state index contributed by atoms with van der Waals surface area (Å²) in [5.41, 5.74) is 1.58. The van der Waals surface area contributed by atoms with Gasteiger partial charge in [-0.25, -0.2) is 4.98 Å². The maximum atomic E-state index is 5.33. The Morgan fingerprint density at radius 3 is 2.70 bits per heavy atom. The number of furan rings is 1. The number of hydrogen-bond donors (Lipinski definition) is 2. The molecule has 118 valence electrons. The van der Waals surface area contributed by atoms with E-state index in [1.165, 1.54) is 0 Å². The fraction of sp³-hybridized carbons (Fsp3) is 0.235. The average Bonchev–Trinajstić information content (AvgIpc) is 3.06. The van der Waals surface area contributed by atoms with Gasteiger partial charge >= 0.3 is 0 Å². The van der Waals surface area contributed by atoms with Crippen molar-refractivity contribution < 1.29 is 4.42 Å². The third-order valence-electron chi connectivity index (χ3n) is 3.10. The molecular formula is C17H19N5O. The van der Waals surface area contributed by atoms with Crippen LogP contribution in [0.3, 0.4) is 0 Å². The van der Waals surface area contributed by atoms with E-state index < -0.39 is 0 Å². The van der Waals surface area contributed by atoms with E-state index in [0.717, 1.165) is 23.0 Å². The number of anilines is 2. The Hall–Kier alpha value is -2.89. The van der Waals surface area contributed by atoms with Crippen LogP contribution >= 0.6 is 0 Å². The molecule has 0 saturated carbocycles. The fourth-order valence-electron chi connectivity index (χ4n) is 2.10. The molecule has 6 nitrogen and oxygen atoms in total. The first-order chi connectivity index (χ1) is 11.2. The highest BCUT2D eigenvalue weighted by Crippen LogP contribution is 2.20. The minimum atomic E-state index is 0.243. The minimum absolute atomic E-state index is 0.243. The number of pyridine rings is 1. The van der Waals surface area contributed by atoms with Crippen LogP contribution in [0, 0.1) is 0 Å². The molecule has 0 atom stereocenters. The zero-order chi connectivity index (χ0) is 16.1. The van der Waals surface area contributed by atoms with Crippen LogP contribution in [0.15, 0.2) is 53.3 Å². The van der Waals surface area contributed by atoms with Crippen molar-refractivity contribution in [3.05, 3.63) is 54.6 Å². The molecule has 6 heteroatoms. The maximum absolute atomic E-state index is 5.33. The second kappa shape index (κ2) is 6.91. The Morgan fingerprint density at radius 2 is 2.00 bits per heavy atom. The predicted molar refractivity (Wildman–Crippen MR) is 90.1 cm³/mol. The zero-order valence-corrected chi connectivity index (χ0v) is 13.2. The van der Waals surface area contributed by atoms with Crippen LogP contribution in [0.1, 0.15) is 19.6 Å². The molecule has 0 aliphatic carbocycles. The first-order valence-electron chi connectivity index (χ1n) is 7.54. The molecule has 2 N–H and O–H groups in total. The molecule has 0 spiro atoms. The van der Waals surface area contributed by atoms with Gasteiger partial charge in [0, 0.05) is 18.3 Å². The molecule has 3 heterocycles. The molecule has 0 aliphatic heterocycles. The summed E-state index contributed by atoms with van der Waals surface area (Å²) < 4.78 is 5.33. The largest absolute Gasteiger partial charge is 0.467 e. The van der Waals surface area contributed by atoms with Crippen molar-refractivity contribution in [1.82, 2.24) is 15.0 Å². The summed E-state index contributed by atoms with van der Waals surface area (Å²) in [7, 11) is 0. The van der Waals surface area contributed by atoms with Crippen molar-refractivity contribution in [2.75, 3.05) is 10.6 Å². The van der Waals surface area contributed by atoms with E-state index in [0.29, 0.717) is 12.5 Å². The van der Waals surface area contributed by atoms with Crippen LogP contribution in [0.25, 0.3) is 11.4 Å². The monoisotopic (exact) mass is 309 g/mol. The van der Waals surface area contributed by atoms with Gasteiger partial charge in [0.15, 0.2) is 0 Å². The van der Waals surface area contributed by atoms with Crippen LogP contribution in [0.4, 0.5) is 11.8 Å². The molecule has 0 aromatic carbocycles. The van der Waals surface area contributed by atoms with Crippen molar-refractivity contribution in [3.8, 4) is 11.4 Å². The number of nitrogens with zero attached hydrogens (tertiary/aromatic N) is 3. The lowest BCUT2D eigenvalue weighted by Gasteiger charge is -2.12. The number of hydrogen-bond acceptors (Lipinski definition) is 6. The summed E-state index contributed by atoms with van der Waals surface area (Å²) in [5.74, 6) is 2.15. The highest BCUT2D eigenvalue weighted by atomic mass is 16.3. The van der Waals surface area contributed by atoms with Gasteiger partial charge in [-0.15, -0.1) is 0 Å². The summed E-state index contributed by atoms with van der Waals surface area (Å²) >= 11 is 0. The molecule has 0 saturated heterocycles. The molecule has 3 aromatic rings. The summed E-state index contributed by atoms with van der Waals surface area (Å²) in [6.07, 6.45) is 3.41. The van der Waals surface area contributed by atoms with Crippen molar-refractivity contribution in [3.63, 3.8) is 0 Å². The third-order valence-corrected chi connectivity index (χ3v) is 3.10. The second-order valence-electron chi connectivity index (χ2n) is 5.41. The van der Waals surface area contributed by atoms with Crippen LogP contribution in [-0.4, -0.2) is 21.0 Å². The first-order valence-corrected chi connectivity index (χ1v) is 7.54. The van der Waals surface area contributed by atoms with Gasteiger partial charge in [-0.2, -0.15) is 4.98 Å². The lowest BCUT2D eigenvalue weighted by molar-refractivity contribution is 0.518. The van der Waals surface area contributed by atoms with Gasteiger partial charge in [-0.3, -0.25) is 4.98 Å². The van der Waals surface area contributed by atoms with Crippen LogP contribution in [0.5, 0.6) is 0 Å². The Labute approximate surface area is 135 Å². The zero-order valence-electron chi connectivity index (χ0n) is 13.2. The standard InChI is InChI=1S/C17H19N5O/c1-12(2)20-17-21-15(14-7-3-4-8-18-14)10-16(22-17)19-11-13-6-5-9-23-13/h3-10,12H,11H2,1-2H3,(H2,19,20,21,22). The van der Waals surface area contributed by atoms with Gasteiger partial charge in [-0.05, 0) is 38.1 Å². The van der Waals surface area contributed by atoms with Gasteiger partial charge < -0.3 is 15.1 Å². The highest BCUT2D eigenvalue weighted by Gasteiger charge is 2.09. The average molecular weight is 309 g/mol. The summed E-state index contributed by atoms with van der Waals surface area (Å²) in [4.78, 5) is 13.4. The molecule has 23 heavy (non-hydrogen) atoms. The maximum Gasteiger partial charge on any atom is 0.225 e.